The van der Waals surface area contributed by atoms with E-state index >= 15 is 0 Å². The molecule has 6 heteroatoms. The highest BCUT2D eigenvalue weighted by molar-refractivity contribution is 6.36. The average molecular weight is 457 g/mol. The molecular weight excluding hydrogens is 429 g/mol. The summed E-state index contributed by atoms with van der Waals surface area (Å²) in [5, 5.41) is 5.33. The normalized spacial score (nSPS) is 15.6. The van der Waals surface area contributed by atoms with Crippen LogP contribution in [-0.4, -0.2) is 13.2 Å². The summed E-state index contributed by atoms with van der Waals surface area (Å²) in [6.07, 6.45) is 9.16. The van der Waals surface area contributed by atoms with Crippen molar-refractivity contribution in [3.63, 3.8) is 0 Å². The maximum absolute atomic E-state index is 6.53. The fourth-order valence-electron chi connectivity index (χ4n) is 3.75. The molecule has 1 aliphatic carbocycles. The van der Waals surface area contributed by atoms with Crippen LogP contribution in [0.15, 0.2) is 30.3 Å². The van der Waals surface area contributed by atoms with Gasteiger partial charge in [-0.25, -0.2) is 0 Å². The molecule has 0 unspecified atom stereocenters. The van der Waals surface area contributed by atoms with E-state index in [2.05, 4.69) is 5.32 Å². The van der Waals surface area contributed by atoms with Gasteiger partial charge in [0.1, 0.15) is 6.61 Å². The van der Waals surface area contributed by atoms with Crippen molar-refractivity contribution in [3.05, 3.63) is 56.5 Å². The molecule has 158 valence electrons. The van der Waals surface area contributed by atoms with Gasteiger partial charge in [-0.2, -0.15) is 0 Å². The zero-order valence-electron chi connectivity index (χ0n) is 16.8. The van der Waals surface area contributed by atoms with Crippen LogP contribution >= 0.6 is 34.8 Å². The zero-order valence-corrected chi connectivity index (χ0v) is 19.0. The number of hydrogen-bond acceptors (Lipinski definition) is 3. The molecule has 2 aromatic rings. The van der Waals surface area contributed by atoms with Gasteiger partial charge < -0.3 is 14.8 Å². The summed E-state index contributed by atoms with van der Waals surface area (Å²) in [6, 6.07) is 9.86. The third-order valence-electron chi connectivity index (χ3n) is 5.41. The van der Waals surface area contributed by atoms with E-state index in [1.165, 1.54) is 44.9 Å². The first-order chi connectivity index (χ1) is 14.1. The highest BCUT2D eigenvalue weighted by atomic mass is 35.5. The number of ether oxygens (including phenoxy) is 2. The van der Waals surface area contributed by atoms with Crippen LogP contribution in [0.2, 0.25) is 15.1 Å². The van der Waals surface area contributed by atoms with Crippen molar-refractivity contribution >= 4 is 34.8 Å². The number of nitrogens with one attached hydrogen (secondary N) is 1. The van der Waals surface area contributed by atoms with Crippen LogP contribution < -0.4 is 14.8 Å². The molecule has 1 fully saturated rings. The number of rotatable bonds is 7. The minimum atomic E-state index is 0.217. The molecule has 0 amide bonds. The van der Waals surface area contributed by atoms with Crippen molar-refractivity contribution in [2.24, 2.45) is 0 Å². The van der Waals surface area contributed by atoms with Crippen molar-refractivity contribution in [2.75, 3.05) is 7.11 Å². The minimum absolute atomic E-state index is 0.217. The van der Waals surface area contributed by atoms with Crippen molar-refractivity contribution < 1.29 is 9.47 Å². The lowest BCUT2D eigenvalue weighted by Crippen LogP contribution is -2.29. The molecule has 0 aromatic heterocycles. The van der Waals surface area contributed by atoms with Crippen LogP contribution in [0.1, 0.15) is 56.1 Å². The fourth-order valence-corrected chi connectivity index (χ4v) is 4.55. The highest BCUT2D eigenvalue weighted by Gasteiger charge is 2.16. The second-order valence-corrected chi connectivity index (χ2v) is 8.74. The standard InChI is InChI=1S/C23H28Cl3NO2/c1-28-22-13-16(14-27-17-8-5-3-2-4-6-9-17)12-21(26)23(22)29-15-18-19(24)10-7-11-20(18)25/h7,10-13,17,27H,2-6,8-9,14-15H2,1H3. The summed E-state index contributed by atoms with van der Waals surface area (Å²) in [4.78, 5) is 0. The minimum Gasteiger partial charge on any atom is -0.493 e. The van der Waals surface area contributed by atoms with Crippen LogP contribution in [0.4, 0.5) is 0 Å². The summed E-state index contributed by atoms with van der Waals surface area (Å²) in [6.45, 7) is 0.978. The molecule has 1 saturated carbocycles. The van der Waals surface area contributed by atoms with Gasteiger partial charge in [0.25, 0.3) is 0 Å². The van der Waals surface area contributed by atoms with Crippen LogP contribution in [0, 0.1) is 0 Å². The topological polar surface area (TPSA) is 30.5 Å². The van der Waals surface area contributed by atoms with Crippen molar-refractivity contribution in [1.82, 2.24) is 5.32 Å². The van der Waals surface area contributed by atoms with E-state index in [9.17, 15) is 0 Å². The molecule has 1 N–H and O–H groups in total. The third-order valence-corrected chi connectivity index (χ3v) is 6.40. The van der Waals surface area contributed by atoms with Crippen molar-refractivity contribution in [3.8, 4) is 11.5 Å². The Balaban J connectivity index is 1.67. The van der Waals surface area contributed by atoms with E-state index in [0.29, 0.717) is 32.6 Å². The number of methoxy groups -OCH3 is 1. The second-order valence-electron chi connectivity index (χ2n) is 7.52. The molecule has 0 heterocycles. The smallest absolute Gasteiger partial charge is 0.180 e. The SMILES string of the molecule is COc1cc(CNC2CCCCCCC2)cc(Cl)c1OCc1c(Cl)cccc1Cl. The van der Waals surface area contributed by atoms with Crippen molar-refractivity contribution in [1.29, 1.82) is 0 Å². The van der Waals surface area contributed by atoms with Crippen LogP contribution in [-0.2, 0) is 13.2 Å². The quantitative estimate of drug-likeness (QED) is 0.469. The molecule has 0 aliphatic heterocycles. The van der Waals surface area contributed by atoms with Crippen LogP contribution in [0.25, 0.3) is 0 Å². The summed E-state index contributed by atoms with van der Waals surface area (Å²) < 4.78 is 11.5. The second kappa shape index (κ2) is 11.3. The summed E-state index contributed by atoms with van der Waals surface area (Å²) in [5.41, 5.74) is 1.81. The van der Waals surface area contributed by atoms with Gasteiger partial charge in [0.05, 0.1) is 12.1 Å². The first kappa shape index (κ1) is 22.6. The summed E-state index contributed by atoms with van der Waals surface area (Å²) in [7, 11) is 1.62. The number of benzene rings is 2. The largest absolute Gasteiger partial charge is 0.493 e. The van der Waals surface area contributed by atoms with E-state index in [4.69, 9.17) is 44.3 Å². The molecule has 2 aromatic carbocycles. The Morgan fingerprint density at radius 1 is 0.931 bits per heavy atom. The predicted octanol–water partition coefficient (Wildman–Crippen LogP) is 7.44. The first-order valence-corrected chi connectivity index (χ1v) is 11.4. The summed E-state index contributed by atoms with van der Waals surface area (Å²) >= 11 is 19.0. The maximum Gasteiger partial charge on any atom is 0.180 e. The predicted molar refractivity (Wildman–Crippen MR) is 122 cm³/mol. The van der Waals surface area contributed by atoms with Crippen LogP contribution in [0.5, 0.6) is 11.5 Å². The van der Waals surface area contributed by atoms with Gasteiger partial charge in [-0.05, 0) is 42.7 Å². The first-order valence-electron chi connectivity index (χ1n) is 10.2. The zero-order chi connectivity index (χ0) is 20.6. The van der Waals surface area contributed by atoms with Gasteiger partial charge >= 0.3 is 0 Å². The molecule has 3 rings (SSSR count). The Bertz CT molecular complexity index is 785. The lowest BCUT2D eigenvalue weighted by Gasteiger charge is -2.21. The highest BCUT2D eigenvalue weighted by Crippen LogP contribution is 2.38. The van der Waals surface area contributed by atoms with Gasteiger partial charge in [0.15, 0.2) is 11.5 Å². The van der Waals surface area contributed by atoms with Gasteiger partial charge in [0.2, 0.25) is 0 Å². The molecule has 1 aliphatic rings. The lowest BCUT2D eigenvalue weighted by molar-refractivity contribution is 0.284. The molecule has 0 saturated heterocycles. The van der Waals surface area contributed by atoms with E-state index in [1.807, 2.05) is 12.1 Å². The lowest BCUT2D eigenvalue weighted by atomic mass is 9.96. The Labute approximate surface area is 188 Å². The Morgan fingerprint density at radius 3 is 2.24 bits per heavy atom. The molecule has 0 atom stereocenters. The molecule has 0 spiro atoms. The molecule has 29 heavy (non-hydrogen) atoms. The Kier molecular flexibility index (Phi) is 8.80. The molecule has 0 bridgehead atoms. The fraction of sp³-hybridized carbons (Fsp3) is 0.478. The van der Waals surface area contributed by atoms with Gasteiger partial charge in [-0.1, -0.05) is 73.0 Å². The molecular formula is C23H28Cl3NO2. The molecule has 0 radical (unpaired) electrons. The number of hydrogen-bond donors (Lipinski definition) is 1. The van der Waals surface area contributed by atoms with Gasteiger partial charge in [-0.3, -0.25) is 0 Å². The van der Waals surface area contributed by atoms with Crippen LogP contribution in [0.3, 0.4) is 0 Å². The Morgan fingerprint density at radius 2 is 1.59 bits per heavy atom. The maximum atomic E-state index is 6.53. The third kappa shape index (κ3) is 6.42. The average Bonchev–Trinajstić information content (AvgIpc) is 2.67. The van der Waals surface area contributed by atoms with E-state index in [0.717, 1.165) is 17.7 Å². The molecule has 3 nitrogen and oxygen atoms in total. The van der Waals surface area contributed by atoms with E-state index < -0.39 is 0 Å². The summed E-state index contributed by atoms with van der Waals surface area (Å²) in [5.74, 6) is 1.11. The van der Waals surface area contributed by atoms with E-state index in [-0.39, 0.29) is 6.61 Å². The van der Waals surface area contributed by atoms with E-state index in [1.54, 1.807) is 25.3 Å². The monoisotopic (exact) mass is 455 g/mol. The van der Waals surface area contributed by atoms with Gasteiger partial charge in [-0.15, -0.1) is 0 Å². The Hall–Kier alpha value is -1.13. The number of halogens is 3. The van der Waals surface area contributed by atoms with Gasteiger partial charge in [0, 0.05) is 28.2 Å². The van der Waals surface area contributed by atoms with Crippen molar-refractivity contribution in [2.45, 2.75) is 64.1 Å².